The van der Waals surface area contributed by atoms with E-state index in [1.165, 1.54) is 0 Å². The Kier molecular flexibility index (Phi) is 4.30. The number of nitrogens with zero attached hydrogens (tertiary/aromatic N) is 5. The van der Waals surface area contributed by atoms with Crippen LogP contribution in [0.4, 0.5) is 0 Å². The Bertz CT molecular complexity index is 694. The number of aryl methyl sites for hydroxylation is 1. The molecular formula is C14H15N5OS. The number of hydrogen-bond acceptors (Lipinski definition) is 6. The summed E-state index contributed by atoms with van der Waals surface area (Å²) in [6, 6.07) is 5.90. The molecule has 0 atom stereocenters. The van der Waals surface area contributed by atoms with Crippen molar-refractivity contribution in [2.24, 2.45) is 0 Å². The normalized spacial score (nSPS) is 10.9. The lowest BCUT2D eigenvalue weighted by Gasteiger charge is -2.05. The fraction of sp³-hybridized carbons (Fsp3) is 0.286. The molecule has 0 N–H and O–H groups in total. The molecule has 0 aliphatic carbocycles. The zero-order valence-electron chi connectivity index (χ0n) is 11.6. The van der Waals surface area contributed by atoms with Crippen LogP contribution in [0.1, 0.15) is 24.3 Å². The Balaban J connectivity index is 1.65. The summed E-state index contributed by atoms with van der Waals surface area (Å²) in [6.45, 7) is 2.69. The average Bonchev–Trinajstić information content (AvgIpc) is 3.15. The second-order valence-electron chi connectivity index (χ2n) is 4.41. The molecule has 3 rings (SSSR count). The highest BCUT2D eigenvalue weighted by Gasteiger charge is 2.09. The minimum atomic E-state index is 0.642. The average molecular weight is 301 g/mol. The van der Waals surface area contributed by atoms with Gasteiger partial charge in [0, 0.05) is 25.0 Å². The molecule has 7 heteroatoms. The number of rotatable bonds is 6. The van der Waals surface area contributed by atoms with Crippen LogP contribution >= 0.6 is 11.8 Å². The van der Waals surface area contributed by atoms with Crippen LogP contribution in [0, 0.1) is 0 Å². The van der Waals surface area contributed by atoms with E-state index in [1.54, 1.807) is 24.2 Å². The maximum Gasteiger partial charge on any atom is 0.226 e. The third kappa shape index (κ3) is 3.49. The van der Waals surface area contributed by atoms with Crippen molar-refractivity contribution in [2.45, 2.75) is 30.8 Å². The van der Waals surface area contributed by atoms with Gasteiger partial charge in [-0.05, 0) is 12.1 Å². The Morgan fingerprint density at radius 1 is 1.24 bits per heavy atom. The number of imidazole rings is 1. The summed E-state index contributed by atoms with van der Waals surface area (Å²) in [5.74, 6) is 2.01. The van der Waals surface area contributed by atoms with Crippen molar-refractivity contribution in [3.8, 4) is 0 Å². The summed E-state index contributed by atoms with van der Waals surface area (Å²) in [4.78, 5) is 13.0. The van der Waals surface area contributed by atoms with Crippen molar-refractivity contribution in [1.82, 2.24) is 24.7 Å². The second-order valence-corrected chi connectivity index (χ2v) is 5.35. The first kappa shape index (κ1) is 13.8. The van der Waals surface area contributed by atoms with Crippen molar-refractivity contribution in [2.75, 3.05) is 0 Å². The van der Waals surface area contributed by atoms with Crippen LogP contribution in [0.3, 0.4) is 0 Å². The van der Waals surface area contributed by atoms with Crippen molar-refractivity contribution in [3.05, 3.63) is 54.2 Å². The predicted molar refractivity (Wildman–Crippen MR) is 78.8 cm³/mol. The smallest absolute Gasteiger partial charge is 0.226 e. The van der Waals surface area contributed by atoms with E-state index < -0.39 is 0 Å². The minimum Gasteiger partial charge on any atom is -0.339 e. The Labute approximate surface area is 126 Å². The van der Waals surface area contributed by atoms with Gasteiger partial charge >= 0.3 is 0 Å². The van der Waals surface area contributed by atoms with Gasteiger partial charge in [-0.2, -0.15) is 4.98 Å². The lowest BCUT2D eigenvalue weighted by molar-refractivity contribution is 0.378. The topological polar surface area (TPSA) is 69.6 Å². The molecule has 0 amide bonds. The SMILES string of the molecule is CCc1nc(CSc2nccn2Cc2ccccn2)no1. The third-order valence-electron chi connectivity index (χ3n) is 2.88. The Hall–Kier alpha value is -2.15. The van der Waals surface area contributed by atoms with Gasteiger partial charge in [-0.1, -0.05) is 29.9 Å². The van der Waals surface area contributed by atoms with Gasteiger partial charge in [0.2, 0.25) is 5.89 Å². The summed E-state index contributed by atoms with van der Waals surface area (Å²) in [5, 5.41) is 4.86. The first-order valence-electron chi connectivity index (χ1n) is 6.70. The van der Waals surface area contributed by atoms with E-state index in [0.29, 0.717) is 24.0 Å². The number of pyridine rings is 1. The molecule has 21 heavy (non-hydrogen) atoms. The molecule has 0 fully saturated rings. The highest BCUT2D eigenvalue weighted by Crippen LogP contribution is 2.20. The largest absolute Gasteiger partial charge is 0.339 e. The quantitative estimate of drug-likeness (QED) is 0.652. The van der Waals surface area contributed by atoms with Crippen LogP contribution in [0.25, 0.3) is 0 Å². The van der Waals surface area contributed by atoms with Gasteiger partial charge in [-0.3, -0.25) is 4.98 Å². The number of hydrogen-bond donors (Lipinski definition) is 0. The molecule has 108 valence electrons. The number of aromatic nitrogens is 5. The molecular weight excluding hydrogens is 286 g/mol. The highest BCUT2D eigenvalue weighted by molar-refractivity contribution is 7.98. The molecule has 3 heterocycles. The molecule has 0 aliphatic heterocycles. The molecule has 0 saturated carbocycles. The summed E-state index contributed by atoms with van der Waals surface area (Å²) >= 11 is 1.59. The van der Waals surface area contributed by atoms with Crippen LogP contribution in [-0.2, 0) is 18.7 Å². The fourth-order valence-corrected chi connectivity index (χ4v) is 2.65. The van der Waals surface area contributed by atoms with Crippen LogP contribution in [0.2, 0.25) is 0 Å². The zero-order valence-corrected chi connectivity index (χ0v) is 12.5. The molecule has 0 spiro atoms. The maximum absolute atomic E-state index is 5.10. The molecule has 0 unspecified atom stereocenters. The summed E-state index contributed by atoms with van der Waals surface area (Å²) < 4.78 is 7.16. The molecule has 0 aromatic carbocycles. The first-order valence-corrected chi connectivity index (χ1v) is 7.69. The molecule has 0 bridgehead atoms. The van der Waals surface area contributed by atoms with E-state index in [9.17, 15) is 0 Å². The van der Waals surface area contributed by atoms with Crippen LogP contribution < -0.4 is 0 Å². The fourth-order valence-electron chi connectivity index (χ4n) is 1.84. The number of thioether (sulfide) groups is 1. The van der Waals surface area contributed by atoms with Gasteiger partial charge in [0.15, 0.2) is 11.0 Å². The van der Waals surface area contributed by atoms with E-state index in [2.05, 4.69) is 24.7 Å². The van der Waals surface area contributed by atoms with Gasteiger partial charge in [0.25, 0.3) is 0 Å². The van der Waals surface area contributed by atoms with Gasteiger partial charge in [-0.15, -0.1) is 0 Å². The molecule has 6 nitrogen and oxygen atoms in total. The van der Waals surface area contributed by atoms with Gasteiger partial charge < -0.3 is 9.09 Å². The van der Waals surface area contributed by atoms with Crippen molar-refractivity contribution in [3.63, 3.8) is 0 Å². The standard InChI is InChI=1S/C14H15N5OS/c1-2-13-17-12(18-20-13)10-21-14-16-7-8-19(14)9-11-5-3-4-6-15-11/h3-8H,2,9-10H2,1H3. The lowest BCUT2D eigenvalue weighted by atomic mass is 10.3. The van der Waals surface area contributed by atoms with E-state index in [1.807, 2.05) is 31.3 Å². The molecule has 3 aromatic heterocycles. The molecule has 0 aliphatic rings. The van der Waals surface area contributed by atoms with Gasteiger partial charge in [0.05, 0.1) is 18.0 Å². The summed E-state index contributed by atoms with van der Waals surface area (Å²) in [7, 11) is 0. The van der Waals surface area contributed by atoms with Gasteiger partial charge in [-0.25, -0.2) is 4.98 Å². The van der Waals surface area contributed by atoms with Crippen LogP contribution in [0.5, 0.6) is 0 Å². The summed E-state index contributed by atoms with van der Waals surface area (Å²) in [5.41, 5.74) is 1.00. The lowest BCUT2D eigenvalue weighted by Crippen LogP contribution is -2.02. The van der Waals surface area contributed by atoms with Crippen molar-refractivity contribution in [1.29, 1.82) is 0 Å². The Morgan fingerprint density at radius 3 is 2.95 bits per heavy atom. The predicted octanol–water partition coefficient (Wildman–Crippen LogP) is 2.56. The third-order valence-corrected chi connectivity index (χ3v) is 3.88. The maximum atomic E-state index is 5.10. The highest BCUT2D eigenvalue weighted by atomic mass is 32.2. The van der Waals surface area contributed by atoms with Crippen molar-refractivity contribution >= 4 is 11.8 Å². The molecule has 3 aromatic rings. The molecule has 0 radical (unpaired) electrons. The molecule has 0 saturated heterocycles. The van der Waals surface area contributed by atoms with E-state index >= 15 is 0 Å². The van der Waals surface area contributed by atoms with Crippen molar-refractivity contribution < 1.29 is 4.52 Å². The van der Waals surface area contributed by atoms with E-state index in [-0.39, 0.29) is 0 Å². The van der Waals surface area contributed by atoms with Crippen LogP contribution in [0.15, 0.2) is 46.5 Å². The Morgan fingerprint density at radius 2 is 2.19 bits per heavy atom. The van der Waals surface area contributed by atoms with E-state index in [0.717, 1.165) is 17.3 Å². The zero-order chi connectivity index (χ0) is 14.5. The monoisotopic (exact) mass is 301 g/mol. The first-order chi connectivity index (χ1) is 10.3. The summed E-state index contributed by atoms with van der Waals surface area (Å²) in [6.07, 6.45) is 6.29. The van der Waals surface area contributed by atoms with E-state index in [4.69, 9.17) is 4.52 Å². The second kappa shape index (κ2) is 6.53. The minimum absolute atomic E-state index is 0.642. The van der Waals surface area contributed by atoms with Crippen LogP contribution in [-0.4, -0.2) is 24.7 Å². The van der Waals surface area contributed by atoms with Gasteiger partial charge in [0.1, 0.15) is 0 Å².